The summed E-state index contributed by atoms with van der Waals surface area (Å²) in [6, 6.07) is 7.21. The molecule has 0 aliphatic rings. The molecular weight excluding hydrogens is 242 g/mol. The number of carbonyl (C=O) groups is 2. The molecule has 104 valence electrons. The maximum Gasteiger partial charge on any atom is 0.251 e. The summed E-state index contributed by atoms with van der Waals surface area (Å²) in [5.74, 6) is -0.144. The van der Waals surface area contributed by atoms with Crippen LogP contribution in [0.25, 0.3) is 0 Å². The molecule has 0 aromatic heterocycles. The van der Waals surface area contributed by atoms with Gasteiger partial charge in [-0.25, -0.2) is 0 Å². The van der Waals surface area contributed by atoms with Gasteiger partial charge in [-0.3, -0.25) is 9.59 Å². The van der Waals surface area contributed by atoms with Gasteiger partial charge in [0.1, 0.15) is 0 Å². The van der Waals surface area contributed by atoms with Crippen LogP contribution in [-0.2, 0) is 11.3 Å². The van der Waals surface area contributed by atoms with E-state index in [9.17, 15) is 9.59 Å². The van der Waals surface area contributed by atoms with Gasteiger partial charge in [0.25, 0.3) is 5.91 Å². The SMILES string of the molecule is CCNCCNC(=O)c1ccc(CNC(C)=O)cc1. The van der Waals surface area contributed by atoms with Crippen LogP contribution in [0.5, 0.6) is 0 Å². The molecular formula is C14H21N3O2. The molecule has 0 saturated carbocycles. The Balaban J connectivity index is 2.42. The second kappa shape index (κ2) is 8.26. The Morgan fingerprint density at radius 2 is 1.74 bits per heavy atom. The number of hydrogen-bond donors (Lipinski definition) is 3. The topological polar surface area (TPSA) is 70.2 Å². The first-order valence-electron chi connectivity index (χ1n) is 6.45. The minimum atomic E-state index is -0.0796. The normalized spacial score (nSPS) is 10.0. The van der Waals surface area contributed by atoms with Crippen molar-refractivity contribution in [3.8, 4) is 0 Å². The van der Waals surface area contributed by atoms with E-state index in [0.29, 0.717) is 18.7 Å². The maximum atomic E-state index is 11.8. The molecule has 0 aliphatic heterocycles. The summed E-state index contributed by atoms with van der Waals surface area (Å²) in [4.78, 5) is 22.6. The fraction of sp³-hybridized carbons (Fsp3) is 0.429. The highest BCUT2D eigenvalue weighted by atomic mass is 16.2. The van der Waals surface area contributed by atoms with Gasteiger partial charge < -0.3 is 16.0 Å². The fourth-order valence-electron chi connectivity index (χ4n) is 1.54. The average molecular weight is 263 g/mol. The second-order valence-electron chi connectivity index (χ2n) is 4.22. The van der Waals surface area contributed by atoms with Crippen LogP contribution in [0.3, 0.4) is 0 Å². The predicted octanol–water partition coefficient (Wildman–Crippen LogP) is 0.662. The van der Waals surface area contributed by atoms with E-state index in [1.54, 1.807) is 12.1 Å². The van der Waals surface area contributed by atoms with Crippen LogP contribution >= 0.6 is 0 Å². The van der Waals surface area contributed by atoms with E-state index < -0.39 is 0 Å². The Hall–Kier alpha value is -1.88. The number of amides is 2. The minimum absolute atomic E-state index is 0.0646. The first kappa shape index (κ1) is 15.2. The summed E-state index contributed by atoms with van der Waals surface area (Å²) in [6.45, 7) is 6.26. The van der Waals surface area contributed by atoms with Crippen LogP contribution in [0, 0.1) is 0 Å². The van der Waals surface area contributed by atoms with Crippen LogP contribution in [0.15, 0.2) is 24.3 Å². The maximum absolute atomic E-state index is 11.8. The second-order valence-corrected chi connectivity index (χ2v) is 4.22. The molecule has 0 spiro atoms. The predicted molar refractivity (Wildman–Crippen MR) is 74.8 cm³/mol. The molecule has 0 radical (unpaired) electrons. The van der Waals surface area contributed by atoms with Crippen molar-refractivity contribution in [2.45, 2.75) is 20.4 Å². The number of rotatable bonds is 7. The number of hydrogen-bond acceptors (Lipinski definition) is 3. The van der Waals surface area contributed by atoms with Gasteiger partial charge in [-0.05, 0) is 24.2 Å². The molecule has 0 heterocycles. The van der Waals surface area contributed by atoms with Crippen LogP contribution in [0.2, 0.25) is 0 Å². The molecule has 19 heavy (non-hydrogen) atoms. The van der Waals surface area contributed by atoms with E-state index in [4.69, 9.17) is 0 Å². The van der Waals surface area contributed by atoms with Gasteiger partial charge in [-0.15, -0.1) is 0 Å². The molecule has 0 bridgehead atoms. The lowest BCUT2D eigenvalue weighted by atomic mass is 10.1. The zero-order valence-corrected chi connectivity index (χ0v) is 11.5. The average Bonchev–Trinajstić information content (AvgIpc) is 2.41. The van der Waals surface area contributed by atoms with Gasteiger partial charge in [0.2, 0.25) is 5.91 Å². The molecule has 5 nitrogen and oxygen atoms in total. The third kappa shape index (κ3) is 6.01. The first-order valence-corrected chi connectivity index (χ1v) is 6.45. The Labute approximate surface area is 113 Å². The van der Waals surface area contributed by atoms with Crippen LogP contribution in [0.4, 0.5) is 0 Å². The highest BCUT2D eigenvalue weighted by molar-refractivity contribution is 5.94. The van der Waals surface area contributed by atoms with Gasteiger partial charge >= 0.3 is 0 Å². The van der Waals surface area contributed by atoms with Crippen molar-refractivity contribution in [1.82, 2.24) is 16.0 Å². The van der Waals surface area contributed by atoms with Crippen molar-refractivity contribution >= 4 is 11.8 Å². The molecule has 3 N–H and O–H groups in total. The summed E-state index contributed by atoms with van der Waals surface area (Å²) >= 11 is 0. The Bertz CT molecular complexity index is 415. The van der Waals surface area contributed by atoms with E-state index in [0.717, 1.165) is 18.7 Å². The zero-order chi connectivity index (χ0) is 14.1. The van der Waals surface area contributed by atoms with Crippen molar-refractivity contribution < 1.29 is 9.59 Å². The molecule has 0 atom stereocenters. The van der Waals surface area contributed by atoms with E-state index in [2.05, 4.69) is 16.0 Å². The zero-order valence-electron chi connectivity index (χ0n) is 11.5. The standard InChI is InChI=1S/C14H21N3O2/c1-3-15-8-9-16-14(19)13-6-4-12(5-7-13)10-17-11(2)18/h4-7,15H,3,8-10H2,1-2H3,(H,16,19)(H,17,18). The Morgan fingerprint density at radius 3 is 2.32 bits per heavy atom. The van der Waals surface area contributed by atoms with Crippen LogP contribution in [-0.4, -0.2) is 31.4 Å². The lowest BCUT2D eigenvalue weighted by Crippen LogP contribution is -2.31. The lowest BCUT2D eigenvalue weighted by molar-refractivity contribution is -0.119. The highest BCUT2D eigenvalue weighted by Gasteiger charge is 2.04. The third-order valence-corrected chi connectivity index (χ3v) is 2.59. The molecule has 0 saturated heterocycles. The molecule has 1 rings (SSSR count). The van der Waals surface area contributed by atoms with Crippen LogP contribution < -0.4 is 16.0 Å². The van der Waals surface area contributed by atoms with Crippen molar-refractivity contribution in [2.75, 3.05) is 19.6 Å². The Morgan fingerprint density at radius 1 is 1.05 bits per heavy atom. The monoisotopic (exact) mass is 263 g/mol. The number of nitrogens with one attached hydrogen (secondary N) is 3. The van der Waals surface area contributed by atoms with E-state index >= 15 is 0 Å². The fourth-order valence-corrected chi connectivity index (χ4v) is 1.54. The molecule has 2 amide bonds. The van der Waals surface area contributed by atoms with Gasteiger partial charge in [0.15, 0.2) is 0 Å². The quantitative estimate of drug-likeness (QED) is 0.633. The highest BCUT2D eigenvalue weighted by Crippen LogP contribution is 2.04. The van der Waals surface area contributed by atoms with Crippen molar-refractivity contribution in [3.63, 3.8) is 0 Å². The van der Waals surface area contributed by atoms with Crippen LogP contribution in [0.1, 0.15) is 29.8 Å². The van der Waals surface area contributed by atoms with Gasteiger partial charge in [0.05, 0.1) is 0 Å². The molecule has 5 heteroatoms. The summed E-state index contributed by atoms with van der Waals surface area (Å²) in [7, 11) is 0. The smallest absolute Gasteiger partial charge is 0.251 e. The largest absolute Gasteiger partial charge is 0.352 e. The van der Waals surface area contributed by atoms with E-state index in [1.807, 2.05) is 19.1 Å². The Kier molecular flexibility index (Phi) is 6.60. The molecule has 1 aromatic carbocycles. The third-order valence-electron chi connectivity index (χ3n) is 2.59. The van der Waals surface area contributed by atoms with Gasteiger partial charge in [-0.2, -0.15) is 0 Å². The number of likely N-dealkylation sites (N-methyl/N-ethyl adjacent to an activating group) is 1. The molecule has 1 aromatic rings. The molecule has 0 aliphatic carbocycles. The summed E-state index contributed by atoms with van der Waals surface area (Å²) in [5.41, 5.74) is 1.60. The van der Waals surface area contributed by atoms with Crippen molar-refractivity contribution in [1.29, 1.82) is 0 Å². The van der Waals surface area contributed by atoms with E-state index in [1.165, 1.54) is 6.92 Å². The minimum Gasteiger partial charge on any atom is -0.352 e. The van der Waals surface area contributed by atoms with Gasteiger partial charge in [0, 0.05) is 32.1 Å². The van der Waals surface area contributed by atoms with Crippen molar-refractivity contribution in [3.05, 3.63) is 35.4 Å². The summed E-state index contributed by atoms with van der Waals surface area (Å²) in [5, 5.41) is 8.68. The number of carbonyl (C=O) groups excluding carboxylic acids is 2. The molecule has 0 fully saturated rings. The summed E-state index contributed by atoms with van der Waals surface area (Å²) in [6.07, 6.45) is 0. The molecule has 0 unspecified atom stereocenters. The van der Waals surface area contributed by atoms with Crippen molar-refractivity contribution in [2.24, 2.45) is 0 Å². The number of benzene rings is 1. The van der Waals surface area contributed by atoms with E-state index in [-0.39, 0.29) is 11.8 Å². The van der Waals surface area contributed by atoms with Gasteiger partial charge in [-0.1, -0.05) is 19.1 Å². The lowest BCUT2D eigenvalue weighted by Gasteiger charge is -2.07. The first-order chi connectivity index (χ1) is 9.13. The summed E-state index contributed by atoms with van der Waals surface area (Å²) < 4.78 is 0.